The molecule has 3 N–H and O–H groups in total. The summed E-state index contributed by atoms with van der Waals surface area (Å²) in [5, 5.41) is 8.59. The standard InChI is InChI=1S/C16H29N5O2S/c1-15(2,24-5)10-18-13(17-4)21-8-6-11(7-9-21)16(3)12(22)19-14(23)20-16/h11H,6-10H2,1-5H3,(H,17,18)(H2,19,20,22,23). The number of aliphatic imine (C=N–C) groups is 1. The normalized spacial score (nSPS) is 26.4. The lowest BCUT2D eigenvalue weighted by atomic mass is 9.79. The number of guanidine groups is 1. The number of likely N-dealkylation sites (tertiary alicyclic amines) is 1. The highest BCUT2D eigenvalue weighted by molar-refractivity contribution is 7.99. The summed E-state index contributed by atoms with van der Waals surface area (Å²) in [7, 11) is 1.80. The fourth-order valence-electron chi connectivity index (χ4n) is 3.21. The van der Waals surface area contributed by atoms with Crippen molar-refractivity contribution in [2.24, 2.45) is 10.9 Å². The molecule has 2 rings (SSSR count). The Bertz CT molecular complexity index is 529. The lowest BCUT2D eigenvalue weighted by Crippen LogP contribution is -2.56. The Kier molecular flexibility index (Phi) is 5.67. The molecule has 0 bridgehead atoms. The zero-order valence-electron chi connectivity index (χ0n) is 15.2. The quantitative estimate of drug-likeness (QED) is 0.398. The first-order chi connectivity index (χ1) is 11.2. The minimum absolute atomic E-state index is 0.140. The maximum absolute atomic E-state index is 12.1. The number of carbonyl (C=O) groups is 2. The minimum atomic E-state index is -0.791. The Morgan fingerprint density at radius 1 is 1.42 bits per heavy atom. The minimum Gasteiger partial charge on any atom is -0.355 e. The fraction of sp³-hybridized carbons (Fsp3) is 0.812. The number of amides is 3. The highest BCUT2D eigenvalue weighted by Gasteiger charge is 2.48. The number of hydrogen-bond acceptors (Lipinski definition) is 4. The smallest absolute Gasteiger partial charge is 0.322 e. The molecule has 0 saturated carbocycles. The number of carbonyl (C=O) groups excluding carboxylic acids is 2. The zero-order valence-corrected chi connectivity index (χ0v) is 16.0. The summed E-state index contributed by atoms with van der Waals surface area (Å²) in [4.78, 5) is 30.1. The van der Waals surface area contributed by atoms with Crippen LogP contribution >= 0.6 is 11.8 Å². The maximum Gasteiger partial charge on any atom is 0.322 e. The van der Waals surface area contributed by atoms with E-state index in [0.29, 0.717) is 0 Å². The van der Waals surface area contributed by atoms with Gasteiger partial charge in [0, 0.05) is 31.4 Å². The molecule has 0 spiro atoms. The van der Waals surface area contributed by atoms with Crippen LogP contribution in [0.3, 0.4) is 0 Å². The van der Waals surface area contributed by atoms with E-state index < -0.39 is 5.54 Å². The third kappa shape index (κ3) is 3.96. The summed E-state index contributed by atoms with van der Waals surface area (Å²) >= 11 is 1.82. The van der Waals surface area contributed by atoms with Crippen molar-refractivity contribution in [1.82, 2.24) is 20.9 Å². The summed E-state index contributed by atoms with van der Waals surface area (Å²) in [6.07, 6.45) is 3.80. The van der Waals surface area contributed by atoms with Crippen LogP contribution in [-0.2, 0) is 4.79 Å². The number of imide groups is 1. The molecule has 2 heterocycles. The van der Waals surface area contributed by atoms with Crippen molar-refractivity contribution in [3.8, 4) is 0 Å². The second-order valence-corrected chi connectivity index (χ2v) is 8.75. The van der Waals surface area contributed by atoms with Gasteiger partial charge in [-0.1, -0.05) is 0 Å². The van der Waals surface area contributed by atoms with Gasteiger partial charge in [0.25, 0.3) is 5.91 Å². The molecular weight excluding hydrogens is 326 g/mol. The SMILES string of the molecule is CN=C(NCC(C)(C)SC)N1CCC(C2(C)NC(=O)NC2=O)CC1. The van der Waals surface area contributed by atoms with E-state index in [1.165, 1.54) is 0 Å². The molecule has 8 heteroatoms. The molecule has 0 radical (unpaired) electrons. The lowest BCUT2D eigenvalue weighted by Gasteiger charge is -2.40. The van der Waals surface area contributed by atoms with Crippen LogP contribution in [0.15, 0.2) is 4.99 Å². The molecule has 1 unspecified atom stereocenters. The van der Waals surface area contributed by atoms with Gasteiger partial charge in [-0.15, -0.1) is 0 Å². The molecule has 2 aliphatic heterocycles. The van der Waals surface area contributed by atoms with Gasteiger partial charge in [0.15, 0.2) is 5.96 Å². The van der Waals surface area contributed by atoms with Crippen LogP contribution < -0.4 is 16.0 Å². The van der Waals surface area contributed by atoms with Crippen LogP contribution in [0.4, 0.5) is 4.79 Å². The second kappa shape index (κ2) is 7.21. The number of thioether (sulfide) groups is 1. The lowest BCUT2D eigenvalue weighted by molar-refractivity contribution is -0.125. The van der Waals surface area contributed by atoms with E-state index in [2.05, 4.69) is 45.9 Å². The Morgan fingerprint density at radius 2 is 2.04 bits per heavy atom. The summed E-state index contributed by atoms with van der Waals surface area (Å²) in [5.74, 6) is 0.830. The molecule has 2 saturated heterocycles. The van der Waals surface area contributed by atoms with Crippen LogP contribution in [0.1, 0.15) is 33.6 Å². The fourth-order valence-corrected chi connectivity index (χ4v) is 3.43. The molecule has 0 aromatic rings. The van der Waals surface area contributed by atoms with Crippen molar-refractivity contribution in [2.75, 3.05) is 32.9 Å². The summed E-state index contributed by atoms with van der Waals surface area (Å²) in [5.41, 5.74) is -0.791. The van der Waals surface area contributed by atoms with Crippen LogP contribution in [0, 0.1) is 5.92 Å². The number of piperidine rings is 1. The average Bonchev–Trinajstić information content (AvgIpc) is 2.82. The molecule has 0 aliphatic carbocycles. The van der Waals surface area contributed by atoms with E-state index >= 15 is 0 Å². The highest BCUT2D eigenvalue weighted by Crippen LogP contribution is 2.30. The van der Waals surface area contributed by atoms with Gasteiger partial charge in [0.1, 0.15) is 5.54 Å². The van der Waals surface area contributed by atoms with Gasteiger partial charge in [-0.25, -0.2) is 4.79 Å². The Labute approximate surface area is 148 Å². The molecular formula is C16H29N5O2S. The first-order valence-corrected chi connectivity index (χ1v) is 9.58. The molecule has 0 aromatic carbocycles. The number of hydrogen-bond donors (Lipinski definition) is 3. The number of rotatable bonds is 4. The summed E-state index contributed by atoms with van der Waals surface area (Å²) < 4.78 is 0.147. The molecule has 7 nitrogen and oxygen atoms in total. The van der Waals surface area contributed by atoms with Gasteiger partial charge in [0.2, 0.25) is 0 Å². The second-order valence-electron chi connectivity index (χ2n) is 7.24. The van der Waals surface area contributed by atoms with E-state index in [1.54, 1.807) is 7.05 Å². The third-order valence-corrected chi connectivity index (χ3v) is 6.37. The molecule has 3 amide bonds. The highest BCUT2D eigenvalue weighted by atomic mass is 32.2. The number of urea groups is 1. The topological polar surface area (TPSA) is 85.8 Å². The zero-order chi connectivity index (χ0) is 18.0. The molecule has 136 valence electrons. The van der Waals surface area contributed by atoms with Gasteiger partial charge in [-0.05, 0) is 45.8 Å². The molecule has 24 heavy (non-hydrogen) atoms. The first kappa shape index (κ1) is 18.9. The van der Waals surface area contributed by atoms with Crippen molar-refractivity contribution in [2.45, 2.75) is 43.9 Å². The van der Waals surface area contributed by atoms with Crippen molar-refractivity contribution in [1.29, 1.82) is 0 Å². The van der Waals surface area contributed by atoms with Gasteiger partial charge >= 0.3 is 6.03 Å². The molecule has 2 aliphatic rings. The Hall–Kier alpha value is -1.44. The Balaban J connectivity index is 1.92. The van der Waals surface area contributed by atoms with E-state index in [-0.39, 0.29) is 22.6 Å². The van der Waals surface area contributed by atoms with Crippen LogP contribution in [0.2, 0.25) is 0 Å². The number of nitrogens with zero attached hydrogens (tertiary/aromatic N) is 2. The van der Waals surface area contributed by atoms with E-state index in [0.717, 1.165) is 38.4 Å². The van der Waals surface area contributed by atoms with Gasteiger partial charge in [0.05, 0.1) is 0 Å². The van der Waals surface area contributed by atoms with Gasteiger partial charge in [-0.2, -0.15) is 11.8 Å². The average molecular weight is 356 g/mol. The predicted octanol–water partition coefficient (Wildman–Crippen LogP) is 1.01. The summed E-state index contributed by atoms with van der Waals surface area (Å²) in [6.45, 7) is 8.71. The number of nitrogens with one attached hydrogen (secondary N) is 3. The summed E-state index contributed by atoms with van der Waals surface area (Å²) in [6, 6.07) is -0.387. The largest absolute Gasteiger partial charge is 0.355 e. The van der Waals surface area contributed by atoms with Crippen molar-refractivity contribution in [3.05, 3.63) is 0 Å². The van der Waals surface area contributed by atoms with E-state index in [1.807, 2.05) is 18.7 Å². The van der Waals surface area contributed by atoms with Gasteiger partial charge < -0.3 is 15.5 Å². The van der Waals surface area contributed by atoms with Crippen LogP contribution in [-0.4, -0.2) is 66.0 Å². The van der Waals surface area contributed by atoms with E-state index in [9.17, 15) is 9.59 Å². The van der Waals surface area contributed by atoms with Crippen LogP contribution in [0.5, 0.6) is 0 Å². The molecule has 1 atom stereocenters. The molecule has 0 aromatic heterocycles. The first-order valence-electron chi connectivity index (χ1n) is 8.36. The van der Waals surface area contributed by atoms with Crippen molar-refractivity contribution >= 4 is 29.7 Å². The predicted molar refractivity (Wildman–Crippen MR) is 98.3 cm³/mol. The maximum atomic E-state index is 12.1. The van der Waals surface area contributed by atoms with Crippen molar-refractivity contribution in [3.63, 3.8) is 0 Å². The third-order valence-electron chi connectivity index (χ3n) is 5.12. The van der Waals surface area contributed by atoms with E-state index in [4.69, 9.17) is 0 Å². The van der Waals surface area contributed by atoms with Gasteiger partial charge in [-0.3, -0.25) is 15.1 Å². The monoisotopic (exact) mass is 355 g/mol. The van der Waals surface area contributed by atoms with Crippen LogP contribution in [0.25, 0.3) is 0 Å². The van der Waals surface area contributed by atoms with Crippen molar-refractivity contribution < 1.29 is 9.59 Å². The Morgan fingerprint density at radius 3 is 2.50 bits per heavy atom. The molecule has 2 fully saturated rings.